The summed E-state index contributed by atoms with van der Waals surface area (Å²) < 4.78 is 34.0. The summed E-state index contributed by atoms with van der Waals surface area (Å²) in [5, 5.41) is 2.76. The Kier molecular flexibility index (Phi) is 3.97. The van der Waals surface area contributed by atoms with Crippen LogP contribution in [0.4, 0.5) is 5.69 Å². The van der Waals surface area contributed by atoms with Crippen molar-refractivity contribution in [2.24, 2.45) is 0 Å². The number of rotatable bonds is 3. The Balaban J connectivity index is 1.62. The molecule has 130 valence electrons. The Morgan fingerprint density at radius 2 is 1.96 bits per heavy atom. The fraction of sp³-hybridized carbons (Fsp3) is 0.278. The van der Waals surface area contributed by atoms with Crippen molar-refractivity contribution >= 4 is 21.6 Å². The van der Waals surface area contributed by atoms with Gasteiger partial charge in [-0.25, -0.2) is 13.1 Å². The summed E-state index contributed by atoms with van der Waals surface area (Å²) in [5.74, 6) is 0.676. The molecule has 25 heavy (non-hydrogen) atoms. The van der Waals surface area contributed by atoms with Crippen molar-refractivity contribution < 1.29 is 17.9 Å². The van der Waals surface area contributed by atoms with E-state index < -0.39 is 10.0 Å². The summed E-state index contributed by atoms with van der Waals surface area (Å²) in [5.41, 5.74) is 2.38. The predicted molar refractivity (Wildman–Crippen MR) is 93.0 cm³/mol. The number of amides is 1. The van der Waals surface area contributed by atoms with E-state index in [1.165, 1.54) is 6.07 Å². The molecule has 7 heteroatoms. The minimum atomic E-state index is -3.67. The van der Waals surface area contributed by atoms with Crippen molar-refractivity contribution in [3.8, 4) is 5.75 Å². The Labute approximate surface area is 146 Å². The van der Waals surface area contributed by atoms with Crippen LogP contribution in [-0.2, 0) is 21.2 Å². The van der Waals surface area contributed by atoms with Gasteiger partial charge in [0.2, 0.25) is 15.9 Å². The molecule has 0 bridgehead atoms. The average Bonchev–Trinajstić information content (AvgIpc) is 2.61. The molecule has 0 unspecified atom stereocenters. The van der Waals surface area contributed by atoms with Crippen LogP contribution in [0.5, 0.6) is 5.75 Å². The average molecular weight is 358 g/mol. The summed E-state index contributed by atoms with van der Waals surface area (Å²) >= 11 is 0. The molecule has 2 aliphatic rings. The number of carbonyl (C=O) groups is 1. The van der Waals surface area contributed by atoms with Crippen molar-refractivity contribution in [2.75, 3.05) is 11.9 Å². The van der Waals surface area contributed by atoms with Gasteiger partial charge in [-0.3, -0.25) is 4.79 Å². The number of ether oxygens (including phenoxy) is 1. The lowest BCUT2D eigenvalue weighted by atomic mass is 10.0. The molecule has 0 saturated carbocycles. The number of sulfonamides is 1. The number of hydrogen-bond donors (Lipinski definition) is 2. The molecular formula is C18H18N2O4S. The molecule has 2 heterocycles. The Hall–Kier alpha value is -2.38. The number of para-hydroxylation sites is 1. The van der Waals surface area contributed by atoms with E-state index >= 15 is 0 Å². The number of aryl methyl sites for hydroxylation is 1. The van der Waals surface area contributed by atoms with E-state index in [0.29, 0.717) is 31.6 Å². The van der Waals surface area contributed by atoms with Crippen LogP contribution in [0.1, 0.15) is 30.0 Å². The maximum Gasteiger partial charge on any atom is 0.241 e. The topological polar surface area (TPSA) is 84.5 Å². The minimum absolute atomic E-state index is 0.0416. The third kappa shape index (κ3) is 3.12. The van der Waals surface area contributed by atoms with E-state index in [4.69, 9.17) is 4.74 Å². The van der Waals surface area contributed by atoms with E-state index in [2.05, 4.69) is 10.0 Å². The van der Waals surface area contributed by atoms with E-state index in [0.717, 1.165) is 16.9 Å². The Morgan fingerprint density at radius 3 is 2.84 bits per heavy atom. The van der Waals surface area contributed by atoms with Crippen LogP contribution < -0.4 is 14.8 Å². The lowest BCUT2D eigenvalue weighted by Crippen LogP contribution is -2.32. The molecule has 1 atom stereocenters. The monoisotopic (exact) mass is 358 g/mol. The summed E-state index contributed by atoms with van der Waals surface area (Å²) in [6, 6.07) is 12.0. The van der Waals surface area contributed by atoms with Gasteiger partial charge in [-0.05, 0) is 36.2 Å². The van der Waals surface area contributed by atoms with Crippen LogP contribution in [-0.4, -0.2) is 20.9 Å². The van der Waals surface area contributed by atoms with Gasteiger partial charge in [0, 0.05) is 24.1 Å². The zero-order valence-corrected chi connectivity index (χ0v) is 14.3. The van der Waals surface area contributed by atoms with Gasteiger partial charge in [0.05, 0.1) is 17.5 Å². The molecule has 0 spiro atoms. The second kappa shape index (κ2) is 6.16. The number of benzene rings is 2. The first-order valence-electron chi connectivity index (χ1n) is 8.20. The molecule has 4 rings (SSSR count). The highest BCUT2D eigenvalue weighted by atomic mass is 32.2. The number of fused-ring (bicyclic) bond motifs is 2. The second-order valence-corrected chi connectivity index (χ2v) is 7.93. The zero-order chi connectivity index (χ0) is 17.4. The van der Waals surface area contributed by atoms with Gasteiger partial charge in [-0.1, -0.05) is 18.2 Å². The maximum atomic E-state index is 12.8. The number of hydrogen-bond acceptors (Lipinski definition) is 4. The van der Waals surface area contributed by atoms with Gasteiger partial charge in [-0.15, -0.1) is 0 Å². The maximum absolute atomic E-state index is 12.8. The lowest BCUT2D eigenvalue weighted by Gasteiger charge is -2.26. The van der Waals surface area contributed by atoms with E-state index in [-0.39, 0.29) is 16.8 Å². The summed E-state index contributed by atoms with van der Waals surface area (Å²) in [6.45, 7) is 0.473. The summed E-state index contributed by atoms with van der Waals surface area (Å²) in [6.07, 6.45) is 1.50. The molecule has 2 N–H and O–H groups in total. The Morgan fingerprint density at radius 1 is 1.12 bits per heavy atom. The predicted octanol–water partition coefficient (Wildman–Crippen LogP) is 2.37. The fourth-order valence-corrected chi connectivity index (χ4v) is 4.55. The quantitative estimate of drug-likeness (QED) is 0.882. The minimum Gasteiger partial charge on any atom is -0.493 e. The van der Waals surface area contributed by atoms with Gasteiger partial charge in [0.15, 0.2) is 0 Å². The van der Waals surface area contributed by atoms with Gasteiger partial charge in [0.25, 0.3) is 0 Å². The molecule has 0 radical (unpaired) electrons. The van der Waals surface area contributed by atoms with Crippen molar-refractivity contribution in [1.29, 1.82) is 0 Å². The van der Waals surface area contributed by atoms with E-state index in [1.54, 1.807) is 12.1 Å². The van der Waals surface area contributed by atoms with Crippen LogP contribution >= 0.6 is 0 Å². The molecule has 2 aromatic rings. The number of carbonyl (C=O) groups excluding carboxylic acids is 1. The van der Waals surface area contributed by atoms with Crippen molar-refractivity contribution in [2.45, 2.75) is 30.2 Å². The van der Waals surface area contributed by atoms with E-state index in [9.17, 15) is 13.2 Å². The fourth-order valence-electron chi connectivity index (χ4n) is 3.25. The van der Waals surface area contributed by atoms with E-state index in [1.807, 2.05) is 24.3 Å². The van der Waals surface area contributed by atoms with Gasteiger partial charge in [-0.2, -0.15) is 0 Å². The molecule has 2 aromatic carbocycles. The number of anilines is 1. The normalized spacial score (nSPS) is 19.4. The van der Waals surface area contributed by atoms with Gasteiger partial charge >= 0.3 is 0 Å². The second-order valence-electron chi connectivity index (χ2n) is 6.22. The Bertz CT molecular complexity index is 940. The SMILES string of the molecule is O=C1CCc2cc(S(=O)(=O)N[C@@H]3CCOc4ccccc43)ccc2N1. The van der Waals surface area contributed by atoms with Crippen LogP contribution in [0.15, 0.2) is 47.4 Å². The third-order valence-corrected chi connectivity index (χ3v) is 6.01. The number of nitrogens with one attached hydrogen (secondary N) is 2. The standard InChI is InChI=1S/C18H18N2O4S/c21-18-8-5-12-11-13(6-7-15(12)19-18)25(22,23)20-16-9-10-24-17-4-2-1-3-14(16)17/h1-4,6-7,11,16,20H,5,8-10H2,(H,19,21)/t16-/m1/s1. The van der Waals surface area contributed by atoms with Crippen LogP contribution in [0.3, 0.4) is 0 Å². The van der Waals surface area contributed by atoms with Crippen molar-refractivity contribution in [1.82, 2.24) is 4.72 Å². The molecule has 0 aromatic heterocycles. The smallest absolute Gasteiger partial charge is 0.241 e. The summed E-state index contributed by atoms with van der Waals surface area (Å²) in [4.78, 5) is 11.6. The molecule has 0 aliphatic carbocycles. The van der Waals surface area contributed by atoms with Crippen LogP contribution in [0, 0.1) is 0 Å². The molecule has 6 nitrogen and oxygen atoms in total. The first-order chi connectivity index (χ1) is 12.0. The largest absolute Gasteiger partial charge is 0.493 e. The third-order valence-electron chi connectivity index (χ3n) is 4.54. The highest BCUT2D eigenvalue weighted by Gasteiger charge is 2.27. The van der Waals surface area contributed by atoms with Crippen molar-refractivity contribution in [3.63, 3.8) is 0 Å². The molecule has 1 amide bonds. The molecular weight excluding hydrogens is 340 g/mol. The van der Waals surface area contributed by atoms with Gasteiger partial charge in [0.1, 0.15) is 5.75 Å². The van der Waals surface area contributed by atoms with Crippen molar-refractivity contribution in [3.05, 3.63) is 53.6 Å². The highest BCUT2D eigenvalue weighted by Crippen LogP contribution is 2.33. The zero-order valence-electron chi connectivity index (χ0n) is 13.5. The molecule has 0 fully saturated rings. The first-order valence-corrected chi connectivity index (χ1v) is 9.68. The summed E-state index contributed by atoms with van der Waals surface area (Å²) in [7, 11) is -3.67. The highest BCUT2D eigenvalue weighted by molar-refractivity contribution is 7.89. The van der Waals surface area contributed by atoms with Crippen LogP contribution in [0.25, 0.3) is 0 Å². The molecule has 0 saturated heterocycles. The lowest BCUT2D eigenvalue weighted by molar-refractivity contribution is -0.116. The first kappa shape index (κ1) is 16.1. The van der Waals surface area contributed by atoms with Gasteiger partial charge < -0.3 is 10.1 Å². The molecule has 2 aliphatic heterocycles. The van der Waals surface area contributed by atoms with Crippen LogP contribution in [0.2, 0.25) is 0 Å².